The first-order valence-corrected chi connectivity index (χ1v) is 17.8. The molecule has 0 aromatic carbocycles. The largest absolute Gasteiger partial charge is 0.574 e. The first-order chi connectivity index (χ1) is 20.1. The van der Waals surface area contributed by atoms with Crippen molar-refractivity contribution >= 4 is 19.8 Å². The summed E-state index contributed by atoms with van der Waals surface area (Å²) in [6.07, 6.45) is 18.0. The number of esters is 2. The van der Waals surface area contributed by atoms with Crippen LogP contribution in [0.15, 0.2) is 0 Å². The van der Waals surface area contributed by atoms with Crippen LogP contribution in [0.1, 0.15) is 142 Å². The van der Waals surface area contributed by atoms with E-state index in [0.29, 0.717) is 17.9 Å². The Morgan fingerprint density at radius 1 is 0.667 bits per heavy atom. The Labute approximate surface area is 253 Å². The molecule has 2 atom stereocenters. The van der Waals surface area contributed by atoms with Crippen molar-refractivity contribution in [2.45, 2.75) is 154 Å². The minimum absolute atomic E-state index is 0.231. The van der Waals surface area contributed by atoms with Gasteiger partial charge in [0.15, 0.2) is 0 Å². The average molecular weight is 626 g/mol. The first kappa shape index (κ1) is 40.9. The molecule has 0 aromatic heterocycles. The Morgan fingerprint density at radius 2 is 1.05 bits per heavy atom. The Kier molecular flexibility index (Phi) is 26.8. The Balaban J connectivity index is 4.17. The van der Waals surface area contributed by atoms with Crippen molar-refractivity contribution in [3.05, 3.63) is 0 Å². The van der Waals surface area contributed by atoms with Gasteiger partial charge in [-0.15, -0.1) is 0 Å². The van der Waals surface area contributed by atoms with Gasteiger partial charge < -0.3 is 29.5 Å². The van der Waals surface area contributed by atoms with Gasteiger partial charge in [-0.3, -0.25) is 4.79 Å². The number of aliphatic hydroxyl groups excluding tert-OH is 2. The van der Waals surface area contributed by atoms with Gasteiger partial charge >= 0.3 is 19.8 Å². The predicted molar refractivity (Wildman–Crippen MR) is 162 cm³/mol. The number of phosphoric acid groups is 1. The molecule has 249 valence electrons. The standard InChI is InChI=1S/C30H60NO10P/c1-3-5-7-9-11-13-15-17-19-21-29(34)39-25-27(32)23-31(41-42(36,37)38)24-28(33)26-40-30(35)22-20-18-16-14-12-10-8-6-4-2/h27-28,32-33H,3-26H2,1-2H3,(H2,36,37,38)/q+1/t27-,28-/m0/s1. The number of hydrogen-bond donors (Lipinski definition) is 4. The number of carbonyl (C=O) groups is 2. The highest BCUT2D eigenvalue weighted by atomic mass is 31.2. The van der Waals surface area contributed by atoms with Crippen molar-refractivity contribution in [2.75, 3.05) is 26.3 Å². The lowest BCUT2D eigenvalue weighted by molar-refractivity contribution is -0.158. The Hall–Kier alpha value is -1.07. The van der Waals surface area contributed by atoms with Crippen LogP contribution in [0, 0.1) is 0 Å². The maximum Gasteiger partial charge on any atom is 0.574 e. The van der Waals surface area contributed by atoms with Gasteiger partial charge in [-0.05, 0) is 12.8 Å². The highest BCUT2D eigenvalue weighted by Gasteiger charge is 2.27. The number of carbonyl (C=O) groups excluding carboxylic acids is 2. The number of hydroxylamine groups is 2. The van der Waals surface area contributed by atoms with E-state index in [1.807, 2.05) is 0 Å². The van der Waals surface area contributed by atoms with Crippen molar-refractivity contribution in [1.29, 1.82) is 0 Å². The zero-order chi connectivity index (χ0) is 31.5. The Bertz CT molecular complexity index is 660. The van der Waals surface area contributed by atoms with E-state index >= 15 is 0 Å². The van der Waals surface area contributed by atoms with Gasteiger partial charge in [-0.1, -0.05) is 117 Å². The summed E-state index contributed by atoms with van der Waals surface area (Å²) < 4.78 is 26.1. The molecule has 0 spiro atoms. The summed E-state index contributed by atoms with van der Waals surface area (Å²) in [5.41, 5.74) is 0. The smallest absolute Gasteiger partial charge is 0.463 e. The lowest BCUT2D eigenvalue weighted by atomic mass is 10.1. The fraction of sp³-hybridized carbons (Fsp3) is 0.933. The van der Waals surface area contributed by atoms with Crippen LogP contribution in [0.5, 0.6) is 0 Å². The molecule has 42 heavy (non-hydrogen) atoms. The maximum atomic E-state index is 12.0. The van der Waals surface area contributed by atoms with Gasteiger partial charge in [0.25, 0.3) is 0 Å². The van der Waals surface area contributed by atoms with E-state index < -0.39 is 45.1 Å². The molecule has 0 fully saturated rings. The molecule has 0 aromatic rings. The summed E-state index contributed by atoms with van der Waals surface area (Å²) in [7, 11) is -4.99. The molecule has 0 saturated heterocycles. The molecule has 1 radical (unpaired) electrons. The fourth-order valence-corrected chi connectivity index (χ4v) is 4.98. The van der Waals surface area contributed by atoms with Crippen molar-refractivity contribution in [3.63, 3.8) is 0 Å². The minimum atomic E-state index is -4.99. The van der Waals surface area contributed by atoms with Crippen LogP contribution >= 0.6 is 7.82 Å². The number of nitrogens with zero attached hydrogens (tertiary/aromatic N) is 1. The van der Waals surface area contributed by atoms with E-state index in [4.69, 9.17) is 9.47 Å². The van der Waals surface area contributed by atoms with E-state index in [9.17, 15) is 34.2 Å². The van der Waals surface area contributed by atoms with Gasteiger partial charge in [0.2, 0.25) is 6.61 Å². The second-order valence-corrected chi connectivity index (χ2v) is 12.4. The SMILES string of the molecule is CCCCCCCCCCCC(=O)OC[C@@H](O)CN(C[C@H](O)COC(=[O+])CCCCCCCCCCC)OP(=O)(O)O. The quantitative estimate of drug-likeness (QED) is 0.0244. The molecule has 0 aliphatic carbocycles. The second-order valence-electron chi connectivity index (χ2n) is 11.2. The van der Waals surface area contributed by atoms with Crippen LogP contribution in [0.3, 0.4) is 0 Å². The summed E-state index contributed by atoms with van der Waals surface area (Å²) in [6.45, 7) is 2.72. The molecule has 0 bridgehead atoms. The van der Waals surface area contributed by atoms with E-state index in [0.717, 1.165) is 38.5 Å². The van der Waals surface area contributed by atoms with Gasteiger partial charge in [0.1, 0.15) is 25.2 Å². The number of hydrogen-bond acceptors (Lipinski definition) is 9. The number of ether oxygens (including phenoxy) is 2. The first-order valence-electron chi connectivity index (χ1n) is 16.2. The van der Waals surface area contributed by atoms with Crippen LogP contribution in [0.4, 0.5) is 0 Å². The molecule has 0 amide bonds. The molecular formula is C30H60NO10P+. The van der Waals surface area contributed by atoms with Crippen molar-refractivity contribution < 1.29 is 48.3 Å². The summed E-state index contributed by atoms with van der Waals surface area (Å²) >= 11 is 0. The highest BCUT2D eigenvalue weighted by Crippen LogP contribution is 2.37. The lowest BCUT2D eigenvalue weighted by Gasteiger charge is -2.25. The van der Waals surface area contributed by atoms with E-state index in [-0.39, 0.29) is 26.1 Å². The van der Waals surface area contributed by atoms with E-state index in [1.54, 1.807) is 0 Å². The molecule has 0 aliphatic heterocycles. The van der Waals surface area contributed by atoms with Crippen LogP contribution in [-0.2, 0) is 28.3 Å². The number of unbranched alkanes of at least 4 members (excludes halogenated alkanes) is 16. The second kappa shape index (κ2) is 27.5. The van der Waals surface area contributed by atoms with Gasteiger partial charge in [-0.25, -0.2) is 4.57 Å². The van der Waals surface area contributed by atoms with Crippen LogP contribution in [-0.4, -0.2) is 75.5 Å². The highest BCUT2D eigenvalue weighted by molar-refractivity contribution is 7.46. The van der Waals surface area contributed by atoms with E-state index in [1.165, 1.54) is 64.2 Å². The topological polar surface area (TPSA) is 166 Å². The molecule has 0 rings (SSSR count). The van der Waals surface area contributed by atoms with E-state index in [2.05, 4.69) is 18.5 Å². The van der Waals surface area contributed by atoms with Gasteiger partial charge in [0.05, 0.1) is 13.1 Å². The maximum absolute atomic E-state index is 12.0. The summed E-state index contributed by atoms with van der Waals surface area (Å²) in [6, 6.07) is 0. The Morgan fingerprint density at radius 3 is 1.48 bits per heavy atom. The molecule has 0 heterocycles. The molecule has 0 saturated carbocycles. The predicted octanol–water partition coefficient (Wildman–Crippen LogP) is 5.96. The number of aliphatic hydroxyl groups is 2. The molecule has 0 aliphatic rings. The third kappa shape index (κ3) is 29.0. The third-order valence-corrected chi connectivity index (χ3v) is 7.34. The summed E-state index contributed by atoms with van der Waals surface area (Å²) in [4.78, 5) is 42.3. The monoisotopic (exact) mass is 625 g/mol. The molecule has 11 nitrogen and oxygen atoms in total. The lowest BCUT2D eigenvalue weighted by Crippen LogP contribution is -2.40. The number of rotatable bonds is 30. The van der Waals surface area contributed by atoms with Gasteiger partial charge in [0, 0.05) is 11.2 Å². The molecule has 0 unspecified atom stereocenters. The van der Waals surface area contributed by atoms with Crippen LogP contribution in [0.2, 0.25) is 0 Å². The minimum Gasteiger partial charge on any atom is -0.463 e. The zero-order valence-electron chi connectivity index (χ0n) is 26.3. The molecule has 4 N–H and O–H groups in total. The van der Waals surface area contributed by atoms with Crippen molar-refractivity contribution in [3.8, 4) is 0 Å². The third-order valence-electron chi connectivity index (χ3n) is 6.89. The average Bonchev–Trinajstić information content (AvgIpc) is 2.92. The summed E-state index contributed by atoms with van der Waals surface area (Å²) in [5, 5.41) is 21.1. The summed E-state index contributed by atoms with van der Waals surface area (Å²) in [5.74, 6) is -0.920. The molecular weight excluding hydrogens is 565 g/mol. The van der Waals surface area contributed by atoms with Crippen molar-refractivity contribution in [2.24, 2.45) is 0 Å². The van der Waals surface area contributed by atoms with Gasteiger partial charge in [-0.2, -0.15) is 9.69 Å². The van der Waals surface area contributed by atoms with Crippen molar-refractivity contribution in [1.82, 2.24) is 5.06 Å². The molecule has 12 heteroatoms. The normalized spacial score (nSPS) is 13.3. The van der Waals surface area contributed by atoms with Crippen LogP contribution < -0.4 is 0 Å². The zero-order valence-corrected chi connectivity index (χ0v) is 27.2. The fourth-order valence-electron chi connectivity index (χ4n) is 4.55. The van der Waals surface area contributed by atoms with Crippen LogP contribution in [0.25, 0.3) is 0 Å².